The van der Waals surface area contributed by atoms with Gasteiger partial charge in [0.1, 0.15) is 0 Å². The summed E-state index contributed by atoms with van der Waals surface area (Å²) in [6.45, 7) is 7.47. The zero-order chi connectivity index (χ0) is 17.3. The van der Waals surface area contributed by atoms with E-state index in [4.69, 9.17) is 15.2 Å². The average Bonchev–Trinajstić information content (AvgIpc) is 3.34. The van der Waals surface area contributed by atoms with Crippen LogP contribution in [0.25, 0.3) is 0 Å². The van der Waals surface area contributed by atoms with Crippen molar-refractivity contribution in [3.8, 4) is 0 Å². The molecule has 3 nitrogen and oxygen atoms in total. The third-order valence-electron chi connectivity index (χ3n) is 9.84. The average molecular weight is 348 g/mol. The largest absolute Gasteiger partial charge is 0.381 e. The van der Waals surface area contributed by atoms with E-state index in [9.17, 15) is 0 Å². The van der Waals surface area contributed by atoms with Gasteiger partial charge in [-0.25, -0.2) is 0 Å². The highest BCUT2D eigenvalue weighted by molar-refractivity contribution is 5.24. The van der Waals surface area contributed by atoms with E-state index in [0.717, 1.165) is 25.7 Å². The summed E-state index contributed by atoms with van der Waals surface area (Å²) < 4.78 is 12.2. The number of ether oxygens (including phenoxy) is 2. The summed E-state index contributed by atoms with van der Waals surface area (Å²) >= 11 is 0. The summed E-state index contributed by atoms with van der Waals surface area (Å²) in [7, 11) is 0. The van der Waals surface area contributed by atoms with Gasteiger partial charge >= 0.3 is 0 Å². The van der Waals surface area contributed by atoms with E-state index in [1.807, 2.05) is 0 Å². The smallest absolute Gasteiger partial charge is 0.0973 e. The van der Waals surface area contributed by atoms with Crippen LogP contribution in [0.4, 0.5) is 0 Å². The van der Waals surface area contributed by atoms with Crippen LogP contribution < -0.4 is 5.73 Å². The summed E-state index contributed by atoms with van der Waals surface area (Å²) in [6.07, 6.45) is 13.3. The molecular weight excluding hydrogens is 310 g/mol. The van der Waals surface area contributed by atoms with Crippen molar-refractivity contribution in [1.29, 1.82) is 0 Å². The minimum Gasteiger partial charge on any atom is -0.381 e. The quantitative estimate of drug-likeness (QED) is 0.775. The second kappa shape index (κ2) is 5.45. The Morgan fingerprint density at radius 2 is 1.80 bits per heavy atom. The van der Waals surface area contributed by atoms with Crippen LogP contribution in [-0.2, 0) is 9.47 Å². The van der Waals surface area contributed by atoms with Crippen molar-refractivity contribution in [2.24, 2.45) is 34.3 Å². The number of hydrogen-bond donors (Lipinski definition) is 1. The van der Waals surface area contributed by atoms with E-state index in [2.05, 4.69) is 13.8 Å². The molecule has 0 amide bonds. The summed E-state index contributed by atoms with van der Waals surface area (Å²) in [5.74, 6) is 2.17. The Morgan fingerprint density at radius 3 is 2.56 bits per heavy atom. The lowest BCUT2D eigenvalue weighted by Crippen LogP contribution is -2.69. The van der Waals surface area contributed by atoms with Gasteiger partial charge in [-0.3, -0.25) is 0 Å². The van der Waals surface area contributed by atoms with E-state index in [-0.39, 0.29) is 11.1 Å². The van der Waals surface area contributed by atoms with Gasteiger partial charge in [0, 0.05) is 23.0 Å². The lowest BCUT2D eigenvalue weighted by molar-refractivity contribution is -0.161. The zero-order valence-electron chi connectivity index (χ0n) is 16.3. The van der Waals surface area contributed by atoms with Crippen molar-refractivity contribution < 1.29 is 9.47 Å². The zero-order valence-corrected chi connectivity index (χ0v) is 16.3. The molecule has 3 heteroatoms. The molecular formula is C22H37NO2. The van der Waals surface area contributed by atoms with Crippen LogP contribution in [0.2, 0.25) is 0 Å². The molecule has 1 spiro atoms. The molecule has 4 aliphatic carbocycles. The third-order valence-corrected chi connectivity index (χ3v) is 9.84. The van der Waals surface area contributed by atoms with Gasteiger partial charge in [0.15, 0.2) is 0 Å². The van der Waals surface area contributed by atoms with Crippen LogP contribution in [0.5, 0.6) is 0 Å². The molecule has 1 saturated heterocycles. The van der Waals surface area contributed by atoms with Gasteiger partial charge in [-0.05, 0) is 76.0 Å². The van der Waals surface area contributed by atoms with E-state index in [1.54, 1.807) is 0 Å². The number of rotatable bonds is 3. The van der Waals surface area contributed by atoms with Crippen LogP contribution in [-0.4, -0.2) is 31.0 Å². The van der Waals surface area contributed by atoms with Crippen molar-refractivity contribution in [1.82, 2.24) is 0 Å². The molecule has 4 saturated carbocycles. The molecule has 0 aromatic carbocycles. The van der Waals surface area contributed by atoms with Crippen LogP contribution in [0, 0.1) is 28.6 Å². The first kappa shape index (κ1) is 17.0. The lowest BCUT2D eigenvalue weighted by atomic mass is 9.41. The Balaban J connectivity index is 1.52. The molecule has 0 radical (unpaired) electrons. The molecule has 1 aliphatic heterocycles. The topological polar surface area (TPSA) is 47.8 Å². The fourth-order valence-electron chi connectivity index (χ4n) is 8.48. The monoisotopic (exact) mass is 347 g/mol. The van der Waals surface area contributed by atoms with Crippen molar-refractivity contribution >= 4 is 0 Å². The predicted molar refractivity (Wildman–Crippen MR) is 99.3 cm³/mol. The number of hydrogen-bond acceptors (Lipinski definition) is 3. The first-order valence-electron chi connectivity index (χ1n) is 11.0. The third kappa shape index (κ3) is 2.04. The molecule has 25 heavy (non-hydrogen) atoms. The van der Waals surface area contributed by atoms with Gasteiger partial charge in [0.25, 0.3) is 0 Å². The highest BCUT2D eigenvalue weighted by Crippen LogP contribution is 2.71. The van der Waals surface area contributed by atoms with E-state index in [1.165, 1.54) is 64.2 Å². The van der Waals surface area contributed by atoms with Crippen LogP contribution in [0.3, 0.4) is 0 Å². The van der Waals surface area contributed by atoms with Crippen molar-refractivity contribution in [2.45, 2.75) is 89.2 Å². The summed E-state index contributed by atoms with van der Waals surface area (Å²) in [5.41, 5.74) is 8.35. The Labute approximate surface area is 153 Å². The van der Waals surface area contributed by atoms with Crippen LogP contribution in [0.15, 0.2) is 0 Å². The van der Waals surface area contributed by atoms with Crippen molar-refractivity contribution in [3.05, 3.63) is 0 Å². The van der Waals surface area contributed by atoms with Gasteiger partial charge in [0.2, 0.25) is 0 Å². The molecule has 4 unspecified atom stereocenters. The summed E-state index contributed by atoms with van der Waals surface area (Å²) in [6, 6.07) is 0. The fourth-order valence-corrected chi connectivity index (χ4v) is 8.48. The molecule has 0 aromatic rings. The maximum atomic E-state index is 7.44. The van der Waals surface area contributed by atoms with Gasteiger partial charge in [-0.15, -0.1) is 0 Å². The number of epoxide rings is 1. The Bertz CT molecular complexity index is 546. The summed E-state index contributed by atoms with van der Waals surface area (Å²) in [5, 5.41) is 0. The minimum absolute atomic E-state index is 0.0212. The van der Waals surface area contributed by atoms with Gasteiger partial charge in [0.05, 0.1) is 18.8 Å². The molecule has 5 fully saturated rings. The SMILES string of the molecule is CCOCC12CCCC[C@@H]1CCC1(N)[C@@H]2CCC2(C)[C@H]1CCC21CO1. The predicted octanol–water partition coefficient (Wildman–Crippen LogP) is 4.29. The van der Waals surface area contributed by atoms with Gasteiger partial charge < -0.3 is 15.2 Å². The fraction of sp³-hybridized carbons (Fsp3) is 1.00. The maximum absolute atomic E-state index is 7.44. The standard InChI is InChI=1S/C22H37NO2/c1-3-24-14-20-10-5-4-6-16(20)7-13-22(23)17-9-12-21(15-25-21)19(17,2)11-8-18(20)22/h16-18H,3-15,23H2,1-2H3/t16-,17-,18-,19?,20?,21?,22?/m1/s1. The normalized spacial score (nSPS) is 57.0. The Hall–Kier alpha value is -0.120. The lowest BCUT2D eigenvalue weighted by Gasteiger charge is -2.65. The maximum Gasteiger partial charge on any atom is 0.0973 e. The Morgan fingerprint density at radius 1 is 1.00 bits per heavy atom. The number of nitrogens with two attached hydrogens (primary N) is 1. The van der Waals surface area contributed by atoms with Gasteiger partial charge in [-0.2, -0.15) is 0 Å². The molecule has 5 rings (SSSR count). The molecule has 0 bridgehead atoms. The molecule has 1 heterocycles. The van der Waals surface area contributed by atoms with Crippen LogP contribution >= 0.6 is 0 Å². The van der Waals surface area contributed by atoms with Crippen molar-refractivity contribution in [3.63, 3.8) is 0 Å². The first-order valence-corrected chi connectivity index (χ1v) is 11.0. The first-order chi connectivity index (χ1) is 12.0. The molecule has 142 valence electrons. The van der Waals surface area contributed by atoms with Gasteiger partial charge in [-0.1, -0.05) is 19.8 Å². The van der Waals surface area contributed by atoms with E-state index >= 15 is 0 Å². The molecule has 5 aliphatic rings. The molecule has 0 aromatic heterocycles. The minimum atomic E-state index is 0.0212. The molecule has 7 atom stereocenters. The Kier molecular flexibility index (Phi) is 3.71. The highest BCUT2D eigenvalue weighted by atomic mass is 16.6. The second-order valence-corrected chi connectivity index (χ2v) is 10.3. The second-order valence-electron chi connectivity index (χ2n) is 10.3. The van der Waals surface area contributed by atoms with Crippen molar-refractivity contribution in [2.75, 3.05) is 19.8 Å². The van der Waals surface area contributed by atoms with E-state index < -0.39 is 0 Å². The number of fused-ring (bicyclic) bond motifs is 6. The highest BCUT2D eigenvalue weighted by Gasteiger charge is 2.73. The molecule has 2 N–H and O–H groups in total. The summed E-state index contributed by atoms with van der Waals surface area (Å²) in [4.78, 5) is 0. The van der Waals surface area contributed by atoms with Crippen LogP contribution in [0.1, 0.15) is 78.1 Å². The van der Waals surface area contributed by atoms with E-state index in [0.29, 0.717) is 22.7 Å².